The summed E-state index contributed by atoms with van der Waals surface area (Å²) in [6.07, 6.45) is 0.0776. The van der Waals surface area contributed by atoms with Crippen LogP contribution >= 0.6 is 11.6 Å². The van der Waals surface area contributed by atoms with Crippen LogP contribution in [0.25, 0.3) is 0 Å². The van der Waals surface area contributed by atoms with Gasteiger partial charge in [0.05, 0.1) is 25.7 Å². The smallest absolute Gasteiger partial charge is 0.310 e. The lowest BCUT2D eigenvalue weighted by Crippen LogP contribution is -2.09. The van der Waals surface area contributed by atoms with Crippen LogP contribution in [0.2, 0.25) is 0 Å². The van der Waals surface area contributed by atoms with Gasteiger partial charge < -0.3 is 9.47 Å². The Morgan fingerprint density at radius 1 is 1.44 bits per heavy atom. The zero-order valence-corrected chi connectivity index (χ0v) is 11.1. The van der Waals surface area contributed by atoms with Crippen LogP contribution in [0.15, 0.2) is 12.1 Å². The summed E-state index contributed by atoms with van der Waals surface area (Å²) in [5.41, 5.74) is 1.68. The quantitative estimate of drug-likeness (QED) is 0.607. The fraction of sp³-hybridized carbons (Fsp3) is 0.385. The van der Waals surface area contributed by atoms with Crippen LogP contribution in [0.1, 0.15) is 23.6 Å². The molecule has 4 nitrogen and oxygen atoms in total. The maximum Gasteiger partial charge on any atom is 0.310 e. The zero-order chi connectivity index (χ0) is 13.5. The fourth-order valence-electron chi connectivity index (χ4n) is 1.64. The van der Waals surface area contributed by atoms with E-state index in [4.69, 9.17) is 26.3 Å². The molecule has 0 N–H and O–H groups in total. The monoisotopic (exact) mass is 267 g/mol. The van der Waals surface area contributed by atoms with E-state index in [1.807, 2.05) is 0 Å². The highest BCUT2D eigenvalue weighted by atomic mass is 35.5. The summed E-state index contributed by atoms with van der Waals surface area (Å²) in [6, 6.07) is 5.51. The summed E-state index contributed by atoms with van der Waals surface area (Å²) >= 11 is 5.75. The molecule has 0 atom stereocenters. The van der Waals surface area contributed by atoms with Crippen LogP contribution < -0.4 is 4.74 Å². The number of ether oxygens (including phenoxy) is 2. The van der Waals surface area contributed by atoms with Crippen molar-refractivity contribution < 1.29 is 14.3 Å². The Labute approximate surface area is 111 Å². The second-order valence-electron chi connectivity index (χ2n) is 3.52. The highest BCUT2D eigenvalue weighted by Crippen LogP contribution is 2.28. The van der Waals surface area contributed by atoms with Gasteiger partial charge in [-0.2, -0.15) is 5.26 Å². The largest absolute Gasteiger partial charge is 0.495 e. The molecule has 0 amide bonds. The molecule has 0 spiro atoms. The molecule has 0 aliphatic heterocycles. The minimum atomic E-state index is -0.349. The van der Waals surface area contributed by atoms with Crippen molar-refractivity contribution in [2.75, 3.05) is 13.7 Å². The van der Waals surface area contributed by atoms with Gasteiger partial charge in [0.2, 0.25) is 0 Å². The molecule has 1 aromatic carbocycles. The Morgan fingerprint density at radius 3 is 2.61 bits per heavy atom. The predicted octanol–water partition coefficient (Wildman–Crippen LogP) is 2.41. The molecule has 0 aliphatic carbocycles. The van der Waals surface area contributed by atoms with E-state index in [-0.39, 0.29) is 18.3 Å². The lowest BCUT2D eigenvalue weighted by atomic mass is 10.0. The molecule has 96 valence electrons. The molecule has 0 saturated carbocycles. The predicted molar refractivity (Wildman–Crippen MR) is 67.6 cm³/mol. The molecule has 5 heteroatoms. The van der Waals surface area contributed by atoms with Crippen molar-refractivity contribution in [3.8, 4) is 11.8 Å². The van der Waals surface area contributed by atoms with Gasteiger partial charge in [0.15, 0.2) is 0 Å². The average Bonchev–Trinajstić information content (AvgIpc) is 2.38. The third kappa shape index (κ3) is 3.14. The van der Waals surface area contributed by atoms with E-state index in [1.54, 1.807) is 19.1 Å². The van der Waals surface area contributed by atoms with E-state index < -0.39 is 0 Å². The minimum Gasteiger partial charge on any atom is -0.495 e. The number of esters is 1. The molecule has 0 saturated heterocycles. The highest BCUT2D eigenvalue weighted by molar-refractivity contribution is 6.17. The fourth-order valence-corrected chi connectivity index (χ4v) is 1.86. The van der Waals surface area contributed by atoms with E-state index in [1.165, 1.54) is 7.11 Å². The van der Waals surface area contributed by atoms with Gasteiger partial charge >= 0.3 is 5.97 Å². The number of hydrogen-bond donors (Lipinski definition) is 0. The summed E-state index contributed by atoms with van der Waals surface area (Å²) in [6.45, 7) is 2.07. The molecule has 18 heavy (non-hydrogen) atoms. The number of benzene rings is 1. The minimum absolute atomic E-state index is 0.0776. The number of nitriles is 1. The molecule has 0 heterocycles. The van der Waals surface area contributed by atoms with Crippen molar-refractivity contribution >= 4 is 17.6 Å². The topological polar surface area (TPSA) is 59.3 Å². The van der Waals surface area contributed by atoms with Gasteiger partial charge in [-0.15, -0.1) is 11.6 Å². The standard InChI is InChI=1S/C13H14ClNO3/c1-3-18-12(16)6-9-4-5-10(7-14)11(8-15)13(9)17-2/h4-5H,3,6-7H2,1-2H3. The van der Waals surface area contributed by atoms with Gasteiger partial charge in [-0.25, -0.2) is 0 Å². The maximum atomic E-state index is 11.4. The van der Waals surface area contributed by atoms with E-state index >= 15 is 0 Å². The molecular weight excluding hydrogens is 254 g/mol. The summed E-state index contributed by atoms with van der Waals surface area (Å²) in [5.74, 6) is 0.265. The summed E-state index contributed by atoms with van der Waals surface area (Å²) in [4.78, 5) is 11.4. The van der Waals surface area contributed by atoms with E-state index in [2.05, 4.69) is 6.07 Å². The Hall–Kier alpha value is -1.73. The van der Waals surface area contributed by atoms with Crippen LogP contribution in [0, 0.1) is 11.3 Å². The normalized spacial score (nSPS) is 9.67. The van der Waals surface area contributed by atoms with E-state index in [0.29, 0.717) is 29.0 Å². The average molecular weight is 268 g/mol. The number of alkyl halides is 1. The summed E-state index contributed by atoms with van der Waals surface area (Å²) < 4.78 is 10.1. The van der Waals surface area contributed by atoms with Crippen LogP contribution in [-0.2, 0) is 21.8 Å². The summed E-state index contributed by atoms with van der Waals surface area (Å²) in [7, 11) is 1.46. The van der Waals surface area contributed by atoms with Crippen LogP contribution in [-0.4, -0.2) is 19.7 Å². The number of nitrogens with zero attached hydrogens (tertiary/aromatic N) is 1. The van der Waals surface area contributed by atoms with Gasteiger partial charge in [0.1, 0.15) is 11.8 Å². The van der Waals surface area contributed by atoms with Gasteiger partial charge in [-0.1, -0.05) is 12.1 Å². The number of carbonyl (C=O) groups excluding carboxylic acids is 1. The first-order chi connectivity index (χ1) is 8.67. The van der Waals surface area contributed by atoms with Gasteiger partial charge in [0, 0.05) is 11.4 Å². The number of hydrogen-bond acceptors (Lipinski definition) is 4. The van der Waals surface area contributed by atoms with Crippen molar-refractivity contribution in [1.82, 2.24) is 0 Å². The van der Waals surface area contributed by atoms with Gasteiger partial charge in [-0.05, 0) is 12.5 Å². The molecule has 0 unspecified atom stereocenters. The Kier molecular flexibility index (Phi) is 5.47. The molecule has 1 rings (SSSR count). The lowest BCUT2D eigenvalue weighted by Gasteiger charge is -2.12. The zero-order valence-electron chi connectivity index (χ0n) is 10.3. The van der Waals surface area contributed by atoms with Crippen molar-refractivity contribution in [3.63, 3.8) is 0 Å². The first-order valence-electron chi connectivity index (χ1n) is 5.48. The van der Waals surface area contributed by atoms with Crippen molar-refractivity contribution in [3.05, 3.63) is 28.8 Å². The highest BCUT2D eigenvalue weighted by Gasteiger charge is 2.16. The number of rotatable bonds is 5. The Balaban J connectivity index is 3.14. The number of methoxy groups -OCH3 is 1. The first-order valence-corrected chi connectivity index (χ1v) is 6.01. The Morgan fingerprint density at radius 2 is 2.11 bits per heavy atom. The van der Waals surface area contributed by atoms with Crippen molar-refractivity contribution in [2.24, 2.45) is 0 Å². The van der Waals surface area contributed by atoms with E-state index in [9.17, 15) is 4.79 Å². The molecule has 1 aromatic rings. The van der Waals surface area contributed by atoms with Crippen LogP contribution in [0.4, 0.5) is 0 Å². The van der Waals surface area contributed by atoms with Crippen LogP contribution in [0.5, 0.6) is 5.75 Å². The SMILES string of the molecule is CCOC(=O)Cc1ccc(CCl)c(C#N)c1OC. The van der Waals surface area contributed by atoms with Crippen LogP contribution in [0.3, 0.4) is 0 Å². The summed E-state index contributed by atoms with van der Waals surface area (Å²) in [5, 5.41) is 9.12. The van der Waals surface area contributed by atoms with Crippen molar-refractivity contribution in [2.45, 2.75) is 19.2 Å². The second kappa shape index (κ2) is 6.87. The van der Waals surface area contributed by atoms with Gasteiger partial charge in [-0.3, -0.25) is 4.79 Å². The van der Waals surface area contributed by atoms with Crippen molar-refractivity contribution in [1.29, 1.82) is 5.26 Å². The first kappa shape index (κ1) is 14.3. The molecule has 0 fully saturated rings. The third-order valence-electron chi connectivity index (χ3n) is 2.43. The molecule has 0 aromatic heterocycles. The molecule has 0 aliphatic rings. The van der Waals surface area contributed by atoms with E-state index in [0.717, 1.165) is 0 Å². The number of halogens is 1. The lowest BCUT2D eigenvalue weighted by molar-refractivity contribution is -0.142. The molecule has 0 radical (unpaired) electrons. The molecular formula is C13H14ClNO3. The van der Waals surface area contributed by atoms with Gasteiger partial charge in [0.25, 0.3) is 0 Å². The third-order valence-corrected chi connectivity index (χ3v) is 2.71. The second-order valence-corrected chi connectivity index (χ2v) is 3.79. The molecule has 0 bridgehead atoms. The maximum absolute atomic E-state index is 11.4. The Bertz CT molecular complexity index is 480. The number of carbonyl (C=O) groups is 1.